The van der Waals surface area contributed by atoms with Crippen molar-refractivity contribution in [2.24, 2.45) is 0 Å². The molecule has 0 unspecified atom stereocenters. The molecule has 1 rings (SSSR count). The molecule has 6 heteroatoms. The van der Waals surface area contributed by atoms with Crippen LogP contribution in [-0.4, -0.2) is 10.0 Å². The fraction of sp³-hybridized carbons (Fsp3) is 0.143. The molecule has 0 bridgehead atoms. The summed E-state index contributed by atoms with van der Waals surface area (Å²) in [5.74, 6) is 0. The minimum Gasteiger partial charge on any atom is -0.391 e. The third-order valence-electron chi connectivity index (χ3n) is 1.53. The SMILES string of the molecule is O=[N+]([O-])c1ccc(I)c(Cl)c1CO. The van der Waals surface area contributed by atoms with E-state index in [2.05, 4.69) is 0 Å². The first-order chi connectivity index (χ1) is 6.07. The second-order valence-electron chi connectivity index (χ2n) is 2.27. The van der Waals surface area contributed by atoms with E-state index in [-0.39, 0.29) is 16.3 Å². The minimum absolute atomic E-state index is 0.145. The maximum Gasteiger partial charge on any atom is 0.276 e. The molecule has 70 valence electrons. The van der Waals surface area contributed by atoms with Gasteiger partial charge in [-0.1, -0.05) is 11.6 Å². The Morgan fingerprint density at radius 3 is 2.69 bits per heavy atom. The number of nitro benzene ring substituents is 1. The van der Waals surface area contributed by atoms with Gasteiger partial charge in [-0.3, -0.25) is 10.1 Å². The Hall–Kier alpha value is -0.400. The Morgan fingerprint density at radius 2 is 2.23 bits per heavy atom. The number of nitrogens with zero attached hydrogens (tertiary/aromatic N) is 1. The molecule has 0 atom stereocenters. The molecule has 13 heavy (non-hydrogen) atoms. The Kier molecular flexibility index (Phi) is 3.46. The van der Waals surface area contributed by atoms with Crippen LogP contribution < -0.4 is 0 Å². The Morgan fingerprint density at radius 1 is 1.62 bits per heavy atom. The first kappa shape index (κ1) is 10.7. The van der Waals surface area contributed by atoms with E-state index < -0.39 is 11.5 Å². The van der Waals surface area contributed by atoms with Gasteiger partial charge >= 0.3 is 0 Å². The molecule has 0 radical (unpaired) electrons. The van der Waals surface area contributed by atoms with Gasteiger partial charge in [-0.15, -0.1) is 0 Å². The summed E-state index contributed by atoms with van der Waals surface area (Å²) in [5, 5.41) is 19.6. The van der Waals surface area contributed by atoms with Gasteiger partial charge in [-0.2, -0.15) is 0 Å². The predicted octanol–water partition coefficient (Wildman–Crippen LogP) is 2.35. The second-order valence-corrected chi connectivity index (χ2v) is 3.81. The molecule has 1 aromatic carbocycles. The van der Waals surface area contributed by atoms with Gasteiger partial charge < -0.3 is 5.11 Å². The molecule has 0 aliphatic heterocycles. The third-order valence-corrected chi connectivity index (χ3v) is 3.18. The molecule has 0 amide bonds. The van der Waals surface area contributed by atoms with Crippen LogP contribution in [0.1, 0.15) is 5.56 Å². The van der Waals surface area contributed by atoms with Gasteiger partial charge in [-0.05, 0) is 28.7 Å². The van der Waals surface area contributed by atoms with Crippen LogP contribution in [0.2, 0.25) is 5.02 Å². The summed E-state index contributed by atoms with van der Waals surface area (Å²) < 4.78 is 0.689. The lowest BCUT2D eigenvalue weighted by Gasteiger charge is -2.03. The number of hydrogen-bond donors (Lipinski definition) is 1. The lowest BCUT2D eigenvalue weighted by Crippen LogP contribution is -1.97. The van der Waals surface area contributed by atoms with Crippen molar-refractivity contribution in [3.63, 3.8) is 0 Å². The average molecular weight is 313 g/mol. The van der Waals surface area contributed by atoms with Crippen LogP contribution in [-0.2, 0) is 6.61 Å². The predicted molar refractivity (Wildman–Crippen MR) is 56.7 cm³/mol. The Bertz CT molecular complexity index is 356. The highest BCUT2D eigenvalue weighted by molar-refractivity contribution is 14.1. The van der Waals surface area contributed by atoms with Gasteiger partial charge in [0.25, 0.3) is 5.69 Å². The van der Waals surface area contributed by atoms with Crippen LogP contribution in [0.25, 0.3) is 0 Å². The van der Waals surface area contributed by atoms with Gasteiger partial charge in [-0.25, -0.2) is 0 Å². The number of hydrogen-bond acceptors (Lipinski definition) is 3. The molecule has 4 nitrogen and oxygen atoms in total. The molecule has 1 aromatic rings. The zero-order valence-electron chi connectivity index (χ0n) is 6.33. The maximum absolute atomic E-state index is 10.5. The third kappa shape index (κ3) is 2.09. The fourth-order valence-electron chi connectivity index (χ4n) is 0.904. The van der Waals surface area contributed by atoms with Crippen LogP contribution in [0.5, 0.6) is 0 Å². The number of aliphatic hydroxyl groups excluding tert-OH is 1. The Labute approximate surface area is 92.8 Å². The molecule has 0 saturated carbocycles. The van der Waals surface area contributed by atoms with Crippen molar-refractivity contribution >= 4 is 39.9 Å². The minimum atomic E-state index is -0.562. The van der Waals surface area contributed by atoms with Crippen LogP contribution >= 0.6 is 34.2 Å². The van der Waals surface area contributed by atoms with Crippen molar-refractivity contribution < 1.29 is 10.0 Å². The maximum atomic E-state index is 10.5. The molecule has 0 fully saturated rings. The normalized spacial score (nSPS) is 10.1. The van der Waals surface area contributed by atoms with Gasteiger partial charge in [0.05, 0.1) is 22.1 Å². The summed E-state index contributed by atoms with van der Waals surface area (Å²) in [5.41, 5.74) is 0.0199. The van der Waals surface area contributed by atoms with E-state index in [9.17, 15) is 10.1 Å². The van der Waals surface area contributed by atoms with Crippen molar-refractivity contribution in [1.82, 2.24) is 0 Å². The first-order valence-electron chi connectivity index (χ1n) is 3.30. The standard InChI is InChI=1S/C7H5ClINO3/c8-7-4(3-11)6(10(12)13)2-1-5(7)9/h1-2,11H,3H2. The summed E-state index contributed by atoms with van der Waals surface area (Å²) in [6.45, 7) is -0.425. The fourth-order valence-corrected chi connectivity index (χ4v) is 1.63. The summed E-state index contributed by atoms with van der Waals surface area (Å²) in [4.78, 5) is 9.92. The monoisotopic (exact) mass is 313 g/mol. The van der Waals surface area contributed by atoms with Gasteiger partial charge in [0.2, 0.25) is 0 Å². The highest BCUT2D eigenvalue weighted by atomic mass is 127. The lowest BCUT2D eigenvalue weighted by molar-refractivity contribution is -0.385. The van der Waals surface area contributed by atoms with E-state index in [0.29, 0.717) is 3.57 Å². The van der Waals surface area contributed by atoms with E-state index >= 15 is 0 Å². The molecule has 1 N–H and O–H groups in total. The van der Waals surface area contributed by atoms with Gasteiger partial charge in [0, 0.05) is 9.64 Å². The highest BCUT2D eigenvalue weighted by Crippen LogP contribution is 2.30. The molecular weight excluding hydrogens is 308 g/mol. The smallest absolute Gasteiger partial charge is 0.276 e. The van der Waals surface area contributed by atoms with E-state index in [1.807, 2.05) is 22.6 Å². The number of aliphatic hydroxyl groups is 1. The molecule has 0 aliphatic carbocycles. The van der Waals surface area contributed by atoms with E-state index in [0.717, 1.165) is 0 Å². The van der Waals surface area contributed by atoms with E-state index in [1.54, 1.807) is 6.07 Å². The molecule has 0 aliphatic rings. The lowest BCUT2D eigenvalue weighted by atomic mass is 10.2. The van der Waals surface area contributed by atoms with Crippen molar-refractivity contribution in [2.45, 2.75) is 6.61 Å². The topological polar surface area (TPSA) is 63.4 Å². The summed E-state index contributed by atoms with van der Waals surface area (Å²) in [6, 6.07) is 2.87. The average Bonchev–Trinajstić information content (AvgIpc) is 2.09. The van der Waals surface area contributed by atoms with Crippen molar-refractivity contribution in [3.8, 4) is 0 Å². The Balaban J connectivity index is 3.38. The van der Waals surface area contributed by atoms with Gasteiger partial charge in [0.15, 0.2) is 0 Å². The molecular formula is C7H5ClINO3. The van der Waals surface area contributed by atoms with Crippen LogP contribution in [0.15, 0.2) is 12.1 Å². The van der Waals surface area contributed by atoms with E-state index in [4.69, 9.17) is 16.7 Å². The van der Waals surface area contributed by atoms with Crippen LogP contribution in [0, 0.1) is 13.7 Å². The summed E-state index contributed by atoms with van der Waals surface area (Å²) in [7, 11) is 0. The second kappa shape index (κ2) is 4.21. The molecule has 0 saturated heterocycles. The van der Waals surface area contributed by atoms with Crippen LogP contribution in [0.4, 0.5) is 5.69 Å². The highest BCUT2D eigenvalue weighted by Gasteiger charge is 2.17. The number of benzene rings is 1. The molecule has 0 heterocycles. The van der Waals surface area contributed by atoms with Crippen molar-refractivity contribution in [1.29, 1.82) is 0 Å². The summed E-state index contributed by atoms with van der Waals surface area (Å²) >= 11 is 7.72. The number of rotatable bonds is 2. The van der Waals surface area contributed by atoms with Crippen molar-refractivity contribution in [3.05, 3.63) is 36.4 Å². The molecule has 0 aromatic heterocycles. The largest absolute Gasteiger partial charge is 0.391 e. The first-order valence-corrected chi connectivity index (χ1v) is 4.75. The van der Waals surface area contributed by atoms with Gasteiger partial charge in [0.1, 0.15) is 0 Å². The quantitative estimate of drug-likeness (QED) is 0.518. The number of nitro groups is 1. The summed E-state index contributed by atoms with van der Waals surface area (Å²) in [6.07, 6.45) is 0. The van der Waals surface area contributed by atoms with Crippen LogP contribution in [0.3, 0.4) is 0 Å². The van der Waals surface area contributed by atoms with E-state index in [1.165, 1.54) is 6.07 Å². The van der Waals surface area contributed by atoms with Crippen molar-refractivity contribution in [2.75, 3.05) is 0 Å². The molecule has 0 spiro atoms. The zero-order chi connectivity index (χ0) is 10.0. The zero-order valence-corrected chi connectivity index (χ0v) is 9.24. The number of halogens is 2.